The number of fused-ring (bicyclic) bond motifs is 2. The lowest BCUT2D eigenvalue weighted by Crippen LogP contribution is -2.48. The number of alkyl halides is 3. The maximum absolute atomic E-state index is 13.9. The molecule has 3 saturated carbocycles. The van der Waals surface area contributed by atoms with Gasteiger partial charge in [-0.3, -0.25) is 14.4 Å². The Balaban J connectivity index is 1.29. The van der Waals surface area contributed by atoms with Crippen LogP contribution in [-0.2, 0) is 15.8 Å². The van der Waals surface area contributed by atoms with E-state index in [1.165, 1.54) is 12.0 Å². The number of rotatable bonds is 7. The number of methoxy groups -OCH3 is 1. The van der Waals surface area contributed by atoms with Crippen molar-refractivity contribution in [3.05, 3.63) is 70.6 Å². The number of likely N-dealkylation sites (N-methyl/N-ethyl adjacent to an activating group) is 1. The summed E-state index contributed by atoms with van der Waals surface area (Å²) in [5.74, 6) is -3.28. The van der Waals surface area contributed by atoms with Crippen molar-refractivity contribution in [3.63, 3.8) is 0 Å². The largest absolute Gasteiger partial charge is 0.496 e. The van der Waals surface area contributed by atoms with Gasteiger partial charge >= 0.3 is 6.18 Å². The Morgan fingerprint density at radius 2 is 1.80 bits per heavy atom. The number of allylic oxidation sites excluding steroid dienone is 1. The van der Waals surface area contributed by atoms with E-state index < -0.39 is 59.4 Å². The van der Waals surface area contributed by atoms with Crippen LogP contribution in [0.25, 0.3) is 0 Å². The van der Waals surface area contributed by atoms with Crippen LogP contribution in [0.1, 0.15) is 59.6 Å². The fraction of sp³-hybridized carbons (Fsp3) is 0.469. The van der Waals surface area contributed by atoms with Crippen molar-refractivity contribution in [1.82, 2.24) is 10.2 Å². The highest BCUT2D eigenvalue weighted by molar-refractivity contribution is 5.99. The monoisotopic (exact) mass is 615 g/mol. The molecule has 1 heterocycles. The molecule has 0 aromatic heterocycles. The van der Waals surface area contributed by atoms with Gasteiger partial charge < -0.3 is 25.4 Å². The number of hydrogen-bond donors (Lipinski definition) is 3. The lowest BCUT2D eigenvalue weighted by Gasteiger charge is -2.30. The van der Waals surface area contributed by atoms with Gasteiger partial charge in [0.05, 0.1) is 30.2 Å². The molecule has 8 nitrogen and oxygen atoms in total. The first-order valence-corrected chi connectivity index (χ1v) is 14.7. The summed E-state index contributed by atoms with van der Waals surface area (Å²) in [5.41, 5.74) is 0.258. The predicted octanol–water partition coefficient (Wildman–Crippen LogP) is 4.85. The SMILES string of the molecule is COc1ccc(C2CC(O)C(=O)N2C)cc1C(=O)NC1C2CCC(C2=CC2CC2)C1C(=O)Nc1ccc(F)c(C(F)(F)F)c1. The fourth-order valence-electron chi connectivity index (χ4n) is 7.16. The first kappa shape index (κ1) is 30.1. The third-order valence-corrected chi connectivity index (χ3v) is 9.49. The van der Waals surface area contributed by atoms with Crippen LogP contribution >= 0.6 is 0 Å². The van der Waals surface area contributed by atoms with Crippen LogP contribution in [-0.4, -0.2) is 54.0 Å². The van der Waals surface area contributed by atoms with Gasteiger partial charge in [0.15, 0.2) is 0 Å². The maximum atomic E-state index is 13.9. The van der Waals surface area contributed by atoms with Crippen molar-refractivity contribution in [2.24, 2.45) is 23.7 Å². The quantitative estimate of drug-likeness (QED) is 0.305. The minimum absolute atomic E-state index is 0.123. The highest BCUT2D eigenvalue weighted by Crippen LogP contribution is 2.54. The van der Waals surface area contributed by atoms with Gasteiger partial charge in [-0.05, 0) is 73.4 Å². The average Bonchev–Trinajstić information content (AvgIpc) is 3.59. The van der Waals surface area contributed by atoms with Crippen molar-refractivity contribution in [2.45, 2.75) is 56.5 Å². The van der Waals surface area contributed by atoms with Gasteiger partial charge in [-0.1, -0.05) is 17.7 Å². The minimum atomic E-state index is -4.93. The number of likely N-dealkylation sites (tertiary alicyclic amines) is 1. The topological polar surface area (TPSA) is 108 Å². The van der Waals surface area contributed by atoms with E-state index in [1.54, 1.807) is 25.2 Å². The minimum Gasteiger partial charge on any atom is -0.496 e. The van der Waals surface area contributed by atoms with Crippen LogP contribution in [0.2, 0.25) is 0 Å². The lowest BCUT2D eigenvalue weighted by atomic mass is 9.83. The molecular formula is C32H33F4N3O5. The summed E-state index contributed by atoms with van der Waals surface area (Å²) < 4.78 is 59.4. The number of amides is 3. The average molecular weight is 616 g/mol. The van der Waals surface area contributed by atoms with Gasteiger partial charge in [0.2, 0.25) is 5.91 Å². The molecule has 6 rings (SSSR count). The molecule has 3 aliphatic carbocycles. The molecule has 0 radical (unpaired) electrons. The number of halogens is 4. The van der Waals surface area contributed by atoms with E-state index in [0.29, 0.717) is 30.0 Å². The molecule has 3 amide bonds. The second-order valence-electron chi connectivity index (χ2n) is 12.2. The molecule has 1 saturated heterocycles. The normalized spacial score (nSPS) is 28.9. The van der Waals surface area contributed by atoms with Crippen LogP contribution in [0, 0.1) is 29.5 Å². The number of anilines is 1. The van der Waals surface area contributed by atoms with E-state index in [0.717, 1.165) is 30.9 Å². The zero-order valence-corrected chi connectivity index (χ0v) is 24.2. The molecule has 6 unspecified atom stereocenters. The van der Waals surface area contributed by atoms with E-state index in [9.17, 15) is 37.1 Å². The zero-order valence-electron chi connectivity index (χ0n) is 24.2. The highest BCUT2D eigenvalue weighted by atomic mass is 19.4. The van der Waals surface area contributed by atoms with Crippen molar-refractivity contribution in [3.8, 4) is 5.75 Å². The maximum Gasteiger partial charge on any atom is 0.419 e. The third kappa shape index (κ3) is 5.44. The fourth-order valence-corrected chi connectivity index (χ4v) is 7.16. The predicted molar refractivity (Wildman–Crippen MR) is 151 cm³/mol. The Bertz CT molecular complexity index is 1540. The van der Waals surface area contributed by atoms with Gasteiger partial charge in [-0.25, -0.2) is 4.39 Å². The van der Waals surface area contributed by atoms with E-state index >= 15 is 0 Å². The smallest absolute Gasteiger partial charge is 0.419 e. The van der Waals surface area contributed by atoms with Crippen molar-refractivity contribution in [2.75, 3.05) is 19.5 Å². The molecular weight excluding hydrogens is 582 g/mol. The standard InChI is InChI=1S/C32H33F4N3O5/c1-39-24(14-25(40)31(39)43)16-5-10-26(44-2)21(12-16)29(41)38-28-19-8-7-18(20(19)11-15-3-4-15)27(28)30(42)37-17-6-9-23(33)22(13-17)32(34,35)36/h5-6,9-13,15,18-19,24-25,27-28,40H,3-4,7-8,14H2,1-2H3,(H,37,42)(H,38,41). The van der Waals surface area contributed by atoms with Crippen LogP contribution < -0.4 is 15.4 Å². The number of nitrogens with one attached hydrogen (secondary N) is 2. The summed E-state index contributed by atoms with van der Waals surface area (Å²) in [5, 5.41) is 15.7. The summed E-state index contributed by atoms with van der Waals surface area (Å²) in [7, 11) is 3.00. The van der Waals surface area contributed by atoms with Crippen LogP contribution in [0.3, 0.4) is 0 Å². The number of carbonyl (C=O) groups is 3. The molecule has 1 aliphatic heterocycles. The Hall–Kier alpha value is -3.93. The van der Waals surface area contributed by atoms with Crippen LogP contribution in [0.4, 0.5) is 23.2 Å². The Morgan fingerprint density at radius 1 is 1.07 bits per heavy atom. The molecule has 4 aliphatic rings. The molecule has 0 spiro atoms. The van der Waals surface area contributed by atoms with Gasteiger partial charge in [0, 0.05) is 31.1 Å². The molecule has 12 heteroatoms. The van der Waals surface area contributed by atoms with Gasteiger partial charge in [-0.15, -0.1) is 0 Å². The Kier molecular flexibility index (Phi) is 7.67. The summed E-state index contributed by atoms with van der Waals surface area (Å²) in [6, 6.07) is 6.20. The number of aliphatic hydroxyl groups is 1. The molecule has 3 N–H and O–H groups in total. The second kappa shape index (κ2) is 11.2. The second-order valence-corrected chi connectivity index (χ2v) is 12.2. The van der Waals surface area contributed by atoms with Crippen LogP contribution in [0.15, 0.2) is 48.0 Å². The molecule has 234 valence electrons. The van der Waals surface area contributed by atoms with E-state index in [1.807, 2.05) is 0 Å². The highest BCUT2D eigenvalue weighted by Gasteiger charge is 2.55. The molecule has 6 atom stereocenters. The van der Waals surface area contributed by atoms with Gasteiger partial charge in [0.1, 0.15) is 17.7 Å². The molecule has 2 aromatic carbocycles. The third-order valence-electron chi connectivity index (χ3n) is 9.49. The first-order valence-electron chi connectivity index (χ1n) is 14.7. The Labute approximate surface area is 251 Å². The zero-order chi connectivity index (χ0) is 31.5. The first-order chi connectivity index (χ1) is 20.9. The summed E-state index contributed by atoms with van der Waals surface area (Å²) in [6.45, 7) is 0. The summed E-state index contributed by atoms with van der Waals surface area (Å²) >= 11 is 0. The number of aliphatic hydroxyl groups excluding tert-OH is 1. The molecule has 2 aromatic rings. The number of nitrogens with zero attached hydrogens (tertiary/aromatic N) is 1. The number of hydrogen-bond acceptors (Lipinski definition) is 5. The molecule has 44 heavy (non-hydrogen) atoms. The van der Waals surface area contributed by atoms with E-state index in [-0.39, 0.29) is 35.3 Å². The number of benzene rings is 2. The summed E-state index contributed by atoms with van der Waals surface area (Å²) in [6.07, 6.45) is -0.166. The van der Waals surface area contributed by atoms with Crippen molar-refractivity contribution < 1.29 is 41.8 Å². The van der Waals surface area contributed by atoms with Crippen molar-refractivity contribution >= 4 is 23.4 Å². The van der Waals surface area contributed by atoms with Gasteiger partial charge in [-0.2, -0.15) is 13.2 Å². The van der Waals surface area contributed by atoms with E-state index in [4.69, 9.17) is 4.74 Å². The molecule has 2 bridgehead atoms. The van der Waals surface area contributed by atoms with Crippen molar-refractivity contribution in [1.29, 1.82) is 0 Å². The number of ether oxygens (including phenoxy) is 1. The molecule has 4 fully saturated rings. The lowest BCUT2D eigenvalue weighted by molar-refractivity contribution is -0.140. The summed E-state index contributed by atoms with van der Waals surface area (Å²) in [4.78, 5) is 41.2. The Morgan fingerprint density at radius 3 is 2.43 bits per heavy atom. The van der Waals surface area contributed by atoms with Gasteiger partial charge in [0.25, 0.3) is 11.8 Å². The van der Waals surface area contributed by atoms with Crippen LogP contribution in [0.5, 0.6) is 5.75 Å². The van der Waals surface area contributed by atoms with E-state index in [2.05, 4.69) is 16.7 Å². The number of carbonyl (C=O) groups excluding carboxylic acids is 3.